The molecule has 0 saturated heterocycles. The molecule has 0 aliphatic heterocycles. The maximum Gasteiger partial charge on any atom is 0.0534 e. The van der Waals surface area contributed by atoms with Crippen LogP contribution in [0.2, 0.25) is 0 Å². The molecule has 1 N–H and O–H groups in total. The van der Waals surface area contributed by atoms with Crippen LogP contribution in [0, 0.1) is 0 Å². The van der Waals surface area contributed by atoms with Crippen LogP contribution in [-0.2, 0) is 20.1 Å². The predicted octanol–water partition coefficient (Wildman–Crippen LogP) is 2.26. The number of fused-ring (bicyclic) bond motifs is 1. The molecule has 19 heavy (non-hydrogen) atoms. The zero-order valence-corrected chi connectivity index (χ0v) is 10.9. The molecular formula is C15H16N4. The number of nitrogens with zero attached hydrogens (tertiary/aromatic N) is 3. The SMILES string of the molecule is Cn1cc(CNCc2ccc3cnccc3c2)cn1. The Hall–Kier alpha value is -2.20. The van der Waals surface area contributed by atoms with Crippen LogP contribution >= 0.6 is 0 Å². The van der Waals surface area contributed by atoms with Crippen molar-refractivity contribution in [1.29, 1.82) is 0 Å². The molecule has 2 aromatic heterocycles. The van der Waals surface area contributed by atoms with Gasteiger partial charge in [-0.2, -0.15) is 5.10 Å². The maximum atomic E-state index is 4.15. The van der Waals surface area contributed by atoms with Crippen LogP contribution in [0.4, 0.5) is 0 Å². The number of nitrogens with one attached hydrogen (secondary N) is 1. The monoisotopic (exact) mass is 252 g/mol. The van der Waals surface area contributed by atoms with Crippen LogP contribution in [0.25, 0.3) is 10.8 Å². The second-order valence-corrected chi connectivity index (χ2v) is 4.68. The van der Waals surface area contributed by atoms with Crippen molar-refractivity contribution in [2.75, 3.05) is 0 Å². The molecule has 1 aromatic carbocycles. The summed E-state index contributed by atoms with van der Waals surface area (Å²) in [5, 5.41) is 9.99. The van der Waals surface area contributed by atoms with E-state index in [1.807, 2.05) is 42.6 Å². The molecule has 0 amide bonds. The van der Waals surface area contributed by atoms with Gasteiger partial charge in [0, 0.05) is 49.7 Å². The molecule has 96 valence electrons. The Balaban J connectivity index is 1.65. The van der Waals surface area contributed by atoms with Gasteiger partial charge in [0.05, 0.1) is 6.20 Å². The molecular weight excluding hydrogens is 236 g/mol. The third kappa shape index (κ3) is 2.80. The van der Waals surface area contributed by atoms with Crippen LogP contribution in [0.5, 0.6) is 0 Å². The zero-order valence-electron chi connectivity index (χ0n) is 10.9. The molecule has 0 aliphatic rings. The highest BCUT2D eigenvalue weighted by Crippen LogP contribution is 2.14. The highest BCUT2D eigenvalue weighted by molar-refractivity contribution is 5.81. The number of benzene rings is 1. The lowest BCUT2D eigenvalue weighted by molar-refractivity contribution is 0.692. The van der Waals surface area contributed by atoms with Crippen molar-refractivity contribution < 1.29 is 0 Å². The van der Waals surface area contributed by atoms with E-state index in [2.05, 4.69) is 33.6 Å². The Labute approximate surface area is 112 Å². The fraction of sp³-hybridized carbons (Fsp3) is 0.200. The molecule has 2 heterocycles. The van der Waals surface area contributed by atoms with Gasteiger partial charge >= 0.3 is 0 Å². The van der Waals surface area contributed by atoms with E-state index in [9.17, 15) is 0 Å². The number of pyridine rings is 1. The number of hydrogen-bond acceptors (Lipinski definition) is 3. The van der Waals surface area contributed by atoms with E-state index >= 15 is 0 Å². The van der Waals surface area contributed by atoms with E-state index < -0.39 is 0 Å². The molecule has 0 aliphatic carbocycles. The van der Waals surface area contributed by atoms with Gasteiger partial charge in [0.15, 0.2) is 0 Å². The van der Waals surface area contributed by atoms with Crippen molar-refractivity contribution in [3.8, 4) is 0 Å². The summed E-state index contributed by atoms with van der Waals surface area (Å²) in [6.07, 6.45) is 7.63. The van der Waals surface area contributed by atoms with Gasteiger partial charge in [-0.05, 0) is 23.1 Å². The van der Waals surface area contributed by atoms with E-state index in [0.717, 1.165) is 13.1 Å². The van der Waals surface area contributed by atoms with Crippen LogP contribution in [0.3, 0.4) is 0 Å². The summed E-state index contributed by atoms with van der Waals surface area (Å²) in [6, 6.07) is 8.50. The van der Waals surface area contributed by atoms with Crippen molar-refractivity contribution in [1.82, 2.24) is 20.1 Å². The summed E-state index contributed by atoms with van der Waals surface area (Å²) in [6.45, 7) is 1.69. The fourth-order valence-electron chi connectivity index (χ4n) is 2.16. The summed E-state index contributed by atoms with van der Waals surface area (Å²) in [7, 11) is 1.93. The quantitative estimate of drug-likeness (QED) is 0.774. The zero-order chi connectivity index (χ0) is 13.1. The Morgan fingerprint density at radius 1 is 1.05 bits per heavy atom. The van der Waals surface area contributed by atoms with Gasteiger partial charge in [-0.25, -0.2) is 0 Å². The normalized spacial score (nSPS) is 11.0. The first-order valence-electron chi connectivity index (χ1n) is 6.32. The van der Waals surface area contributed by atoms with Crippen molar-refractivity contribution in [3.05, 3.63) is 60.2 Å². The van der Waals surface area contributed by atoms with Gasteiger partial charge < -0.3 is 5.32 Å². The minimum Gasteiger partial charge on any atom is -0.309 e. The number of rotatable bonds is 4. The van der Waals surface area contributed by atoms with Crippen molar-refractivity contribution in [2.24, 2.45) is 7.05 Å². The molecule has 0 bridgehead atoms. The third-order valence-electron chi connectivity index (χ3n) is 3.12. The Kier molecular flexibility index (Phi) is 3.25. The van der Waals surface area contributed by atoms with Crippen molar-refractivity contribution >= 4 is 10.8 Å². The largest absolute Gasteiger partial charge is 0.309 e. The molecule has 3 rings (SSSR count). The standard InChI is InChI=1S/C15H16N4/c1-19-11-13(9-18-19)8-17-7-12-2-3-15-10-16-5-4-14(15)6-12/h2-6,9-11,17H,7-8H2,1H3. The Morgan fingerprint density at radius 3 is 2.79 bits per heavy atom. The van der Waals surface area contributed by atoms with E-state index in [0.29, 0.717) is 0 Å². The van der Waals surface area contributed by atoms with Gasteiger partial charge in [-0.15, -0.1) is 0 Å². The predicted molar refractivity (Wildman–Crippen MR) is 75.5 cm³/mol. The number of aryl methyl sites for hydroxylation is 1. The first-order valence-corrected chi connectivity index (χ1v) is 6.32. The van der Waals surface area contributed by atoms with Gasteiger partial charge in [-0.1, -0.05) is 12.1 Å². The van der Waals surface area contributed by atoms with Gasteiger partial charge in [0.25, 0.3) is 0 Å². The van der Waals surface area contributed by atoms with Crippen LogP contribution in [-0.4, -0.2) is 14.8 Å². The van der Waals surface area contributed by atoms with E-state index in [1.165, 1.54) is 21.9 Å². The molecule has 0 atom stereocenters. The van der Waals surface area contributed by atoms with Crippen LogP contribution in [0.1, 0.15) is 11.1 Å². The van der Waals surface area contributed by atoms with E-state index in [1.54, 1.807) is 0 Å². The Bertz CT molecular complexity index is 687. The Morgan fingerprint density at radius 2 is 1.95 bits per heavy atom. The lowest BCUT2D eigenvalue weighted by atomic mass is 10.1. The van der Waals surface area contributed by atoms with Crippen LogP contribution < -0.4 is 5.32 Å². The van der Waals surface area contributed by atoms with E-state index in [4.69, 9.17) is 0 Å². The maximum absolute atomic E-state index is 4.15. The molecule has 3 aromatic rings. The topological polar surface area (TPSA) is 42.7 Å². The minimum absolute atomic E-state index is 0.836. The van der Waals surface area contributed by atoms with Crippen molar-refractivity contribution in [3.63, 3.8) is 0 Å². The number of hydrogen-bond donors (Lipinski definition) is 1. The van der Waals surface area contributed by atoms with Crippen LogP contribution in [0.15, 0.2) is 49.1 Å². The second kappa shape index (κ2) is 5.20. The lowest BCUT2D eigenvalue weighted by Gasteiger charge is -2.05. The summed E-state index contributed by atoms with van der Waals surface area (Å²) in [4.78, 5) is 4.12. The third-order valence-corrected chi connectivity index (χ3v) is 3.12. The van der Waals surface area contributed by atoms with Crippen molar-refractivity contribution in [2.45, 2.75) is 13.1 Å². The average molecular weight is 252 g/mol. The first kappa shape index (κ1) is 11.9. The van der Waals surface area contributed by atoms with E-state index in [-0.39, 0.29) is 0 Å². The molecule has 0 saturated carbocycles. The molecule has 0 unspecified atom stereocenters. The molecule has 0 fully saturated rings. The average Bonchev–Trinajstić information content (AvgIpc) is 2.84. The minimum atomic E-state index is 0.836. The summed E-state index contributed by atoms with van der Waals surface area (Å²) < 4.78 is 1.82. The smallest absolute Gasteiger partial charge is 0.0534 e. The first-order chi connectivity index (χ1) is 9.31. The van der Waals surface area contributed by atoms with Gasteiger partial charge in [0.1, 0.15) is 0 Å². The van der Waals surface area contributed by atoms with Gasteiger partial charge in [-0.3, -0.25) is 9.67 Å². The second-order valence-electron chi connectivity index (χ2n) is 4.68. The highest BCUT2D eigenvalue weighted by Gasteiger charge is 1.98. The molecule has 0 spiro atoms. The fourth-order valence-corrected chi connectivity index (χ4v) is 2.16. The summed E-state index contributed by atoms with van der Waals surface area (Å²) in [5.74, 6) is 0. The molecule has 0 radical (unpaired) electrons. The highest BCUT2D eigenvalue weighted by atomic mass is 15.2. The van der Waals surface area contributed by atoms with Gasteiger partial charge in [0.2, 0.25) is 0 Å². The molecule has 4 nitrogen and oxygen atoms in total. The summed E-state index contributed by atoms with van der Waals surface area (Å²) >= 11 is 0. The number of aromatic nitrogens is 3. The lowest BCUT2D eigenvalue weighted by Crippen LogP contribution is -2.12. The summed E-state index contributed by atoms with van der Waals surface area (Å²) in [5.41, 5.74) is 2.48. The molecule has 4 heteroatoms.